The third kappa shape index (κ3) is 4.17. The number of ether oxygens (including phenoxy) is 4. The summed E-state index contributed by atoms with van der Waals surface area (Å²) in [6.07, 6.45) is -1.05. The van der Waals surface area contributed by atoms with Crippen molar-refractivity contribution in [2.45, 2.75) is 43.3 Å². The number of aromatic nitrogens is 2. The highest BCUT2D eigenvalue weighted by atomic mass is 32.2. The maximum Gasteiger partial charge on any atom is 0.404 e. The molecular formula is C32H27N5O8S4. The fourth-order valence-electron chi connectivity index (χ4n) is 7.94. The zero-order chi connectivity index (χ0) is 33.9. The van der Waals surface area contributed by atoms with E-state index in [0.29, 0.717) is 8.68 Å². The number of nitrogens with two attached hydrogens (primary N) is 1. The maximum absolute atomic E-state index is 15.7. The van der Waals surface area contributed by atoms with Crippen LogP contribution in [0.15, 0.2) is 68.5 Å². The minimum atomic E-state index is -2.11. The molecule has 0 radical (unpaired) electrons. The Hall–Kier alpha value is -3.58. The van der Waals surface area contributed by atoms with E-state index in [0.717, 1.165) is 44.0 Å². The molecule has 2 amide bonds. The number of amides is 2. The molecule has 0 unspecified atom stereocenters. The number of Topliss-reactive ketones (excluding diaryl/α,β-unsaturated/α-hetero) is 2. The van der Waals surface area contributed by atoms with Crippen molar-refractivity contribution in [1.82, 2.24) is 19.8 Å². The standard InChI is InChI=1S/C32H27N5O8S4/c1-15(38)37-19-13-36-23-22(16(14-43-27(33)41)30(36,42-2)24(19)37)25(39)31(44-11-12-45-31)32(26(23)40,48-28-34-17-7-3-5-9-20(17)46-28)49-29-35-18-8-4-6-10-21(18)47-29/h3-10,16,19,24H,11-14H2,1-2H3,(H2,33,41)/t16-,19+,24+,30-,37?/m1/s1. The SMILES string of the molecule is CO[C@@]12[C@H](COC(N)=O)C3=C(C(=O)C(Sc4nc5ccccc5s4)(Sc4nc5ccccc5s4)C4(OCCO4)C3=O)N1C[C@H]1[C@@H]2N1C(C)=O. The minimum absolute atomic E-state index is 0.0502. The van der Waals surface area contributed by atoms with Crippen LogP contribution in [0.1, 0.15) is 6.92 Å². The van der Waals surface area contributed by atoms with Crippen LogP contribution < -0.4 is 5.73 Å². The van der Waals surface area contributed by atoms with Crippen LogP contribution in [0.4, 0.5) is 4.79 Å². The van der Waals surface area contributed by atoms with E-state index in [4.69, 9.17) is 34.6 Å². The summed E-state index contributed by atoms with van der Waals surface area (Å²) in [5.41, 5.74) is 5.71. The van der Waals surface area contributed by atoms with Crippen molar-refractivity contribution in [3.8, 4) is 0 Å². The third-order valence-corrected chi connectivity index (χ3v) is 15.0. The summed E-state index contributed by atoms with van der Waals surface area (Å²) in [5.74, 6) is -4.31. The van der Waals surface area contributed by atoms with Crippen LogP contribution in [0.25, 0.3) is 20.4 Å². The number of thioether (sulfide) groups is 2. The smallest absolute Gasteiger partial charge is 0.404 e. The Morgan fingerprint density at radius 2 is 1.57 bits per heavy atom. The number of piperazine rings is 1. The van der Waals surface area contributed by atoms with E-state index < -0.39 is 45.2 Å². The van der Waals surface area contributed by atoms with Crippen molar-refractivity contribution in [1.29, 1.82) is 0 Å². The normalized spacial score (nSPS) is 27.7. The van der Waals surface area contributed by atoms with Crippen molar-refractivity contribution in [2.75, 3.05) is 33.5 Å². The fourth-order valence-corrected chi connectivity index (χ4v) is 13.8. The lowest BCUT2D eigenvalue weighted by atomic mass is 9.79. The Labute approximate surface area is 295 Å². The lowest BCUT2D eigenvalue weighted by Crippen LogP contribution is -2.65. The topological polar surface area (TPSA) is 163 Å². The molecule has 49 heavy (non-hydrogen) atoms. The number of benzene rings is 2. The lowest BCUT2D eigenvalue weighted by Gasteiger charge is -2.46. The van der Waals surface area contributed by atoms with E-state index in [1.807, 2.05) is 48.5 Å². The predicted molar refractivity (Wildman–Crippen MR) is 181 cm³/mol. The van der Waals surface area contributed by atoms with E-state index in [1.54, 1.807) is 9.80 Å². The van der Waals surface area contributed by atoms with E-state index in [1.165, 1.54) is 36.7 Å². The number of methoxy groups -OCH3 is 1. The van der Waals surface area contributed by atoms with E-state index in [-0.39, 0.29) is 49.6 Å². The van der Waals surface area contributed by atoms with Gasteiger partial charge in [-0.15, -0.1) is 22.7 Å². The predicted octanol–water partition coefficient (Wildman–Crippen LogP) is 3.62. The number of primary amides is 1. The summed E-state index contributed by atoms with van der Waals surface area (Å²) >= 11 is 5.04. The van der Waals surface area contributed by atoms with Crippen molar-refractivity contribution >= 4 is 90.2 Å². The van der Waals surface area contributed by atoms with Gasteiger partial charge in [-0.2, -0.15) is 0 Å². The number of nitrogens with zero attached hydrogens (tertiary/aromatic N) is 4. The van der Waals surface area contributed by atoms with Crippen molar-refractivity contribution in [2.24, 2.45) is 11.7 Å². The van der Waals surface area contributed by atoms with Crippen LogP contribution in [0.3, 0.4) is 0 Å². The molecule has 17 heteroatoms. The van der Waals surface area contributed by atoms with Crippen molar-refractivity contribution in [3.63, 3.8) is 0 Å². The van der Waals surface area contributed by atoms with E-state index in [2.05, 4.69) is 0 Å². The summed E-state index contributed by atoms with van der Waals surface area (Å²) in [7, 11) is 1.47. The Bertz CT molecular complexity index is 2000. The first kappa shape index (κ1) is 31.4. The second-order valence-corrected chi connectivity index (χ2v) is 17.4. The Balaban J connectivity index is 1.26. The summed E-state index contributed by atoms with van der Waals surface area (Å²) in [5, 5.41) is 0. The molecule has 3 fully saturated rings. The molecule has 4 aromatic rings. The largest absolute Gasteiger partial charge is 0.449 e. The number of thiazole rings is 2. The molecule has 9 rings (SSSR count). The van der Waals surface area contributed by atoms with Gasteiger partial charge in [0.25, 0.3) is 5.79 Å². The number of carbonyl (C=O) groups excluding carboxylic acids is 4. The summed E-state index contributed by atoms with van der Waals surface area (Å²) < 4.78 is 25.4. The molecule has 5 aliphatic rings. The Kier molecular flexibility index (Phi) is 7.02. The first-order valence-corrected chi connectivity index (χ1v) is 18.7. The molecule has 1 spiro atoms. The first-order chi connectivity index (χ1) is 23.6. The van der Waals surface area contributed by atoms with Gasteiger partial charge >= 0.3 is 6.09 Å². The van der Waals surface area contributed by atoms with Gasteiger partial charge in [0.05, 0.1) is 51.3 Å². The van der Waals surface area contributed by atoms with Gasteiger partial charge in [0.15, 0.2) is 14.4 Å². The average molecular weight is 738 g/mol. The summed E-state index contributed by atoms with van der Waals surface area (Å²) in [4.78, 5) is 68.9. The highest BCUT2D eigenvalue weighted by Gasteiger charge is 2.82. The molecule has 3 saturated heterocycles. The summed E-state index contributed by atoms with van der Waals surface area (Å²) in [6.45, 7) is 1.42. The summed E-state index contributed by atoms with van der Waals surface area (Å²) in [6, 6.07) is 14.5. The van der Waals surface area contributed by atoms with Gasteiger partial charge < -0.3 is 34.5 Å². The molecule has 4 aliphatic heterocycles. The van der Waals surface area contributed by atoms with Gasteiger partial charge in [0, 0.05) is 26.2 Å². The number of ketones is 2. The van der Waals surface area contributed by atoms with Crippen LogP contribution in [0.2, 0.25) is 0 Å². The van der Waals surface area contributed by atoms with Crippen LogP contribution >= 0.6 is 46.2 Å². The van der Waals surface area contributed by atoms with Crippen molar-refractivity contribution in [3.05, 3.63) is 59.8 Å². The molecule has 0 saturated carbocycles. The molecule has 2 N–H and O–H groups in total. The number of hydrogen-bond acceptors (Lipinski definition) is 15. The molecule has 252 valence electrons. The van der Waals surface area contributed by atoms with Crippen LogP contribution in [0, 0.1) is 5.92 Å². The molecule has 6 heterocycles. The number of para-hydroxylation sites is 2. The van der Waals surface area contributed by atoms with Gasteiger partial charge in [-0.1, -0.05) is 47.8 Å². The molecule has 2 aromatic carbocycles. The van der Waals surface area contributed by atoms with Gasteiger partial charge in [0.1, 0.15) is 12.6 Å². The van der Waals surface area contributed by atoms with E-state index >= 15 is 9.59 Å². The van der Waals surface area contributed by atoms with Gasteiger partial charge in [0.2, 0.25) is 21.6 Å². The second kappa shape index (κ2) is 11.0. The highest BCUT2D eigenvalue weighted by molar-refractivity contribution is 8.21. The second-order valence-electron chi connectivity index (χ2n) is 12.1. The molecule has 0 bridgehead atoms. The van der Waals surface area contributed by atoms with E-state index in [9.17, 15) is 9.59 Å². The Morgan fingerprint density at radius 1 is 0.980 bits per heavy atom. The van der Waals surface area contributed by atoms with Crippen LogP contribution in [0.5, 0.6) is 0 Å². The zero-order valence-electron chi connectivity index (χ0n) is 25.9. The molecular weight excluding hydrogens is 711 g/mol. The fraction of sp³-hybridized carbons (Fsp3) is 0.375. The lowest BCUT2D eigenvalue weighted by molar-refractivity contribution is -0.184. The zero-order valence-corrected chi connectivity index (χ0v) is 29.2. The van der Waals surface area contributed by atoms with Crippen molar-refractivity contribution < 1.29 is 38.1 Å². The maximum atomic E-state index is 15.7. The van der Waals surface area contributed by atoms with Crippen LogP contribution in [-0.4, -0.2) is 104 Å². The Morgan fingerprint density at radius 3 is 2.10 bits per heavy atom. The molecule has 13 nitrogen and oxygen atoms in total. The number of rotatable bonds is 7. The monoisotopic (exact) mass is 737 g/mol. The number of carbonyl (C=O) groups is 4. The van der Waals surface area contributed by atoms with Gasteiger partial charge in [-0.25, -0.2) is 14.8 Å². The average Bonchev–Trinajstić information content (AvgIpc) is 3.64. The quantitative estimate of drug-likeness (QED) is 0.216. The molecule has 4 atom stereocenters. The van der Waals surface area contributed by atoms with Gasteiger partial charge in [-0.05, 0) is 24.3 Å². The molecule has 2 aromatic heterocycles. The third-order valence-electron chi connectivity index (χ3n) is 9.80. The number of hydrogen-bond donors (Lipinski definition) is 1. The van der Waals surface area contributed by atoms with Gasteiger partial charge in [-0.3, -0.25) is 14.4 Å². The number of allylic oxidation sites excluding steroid dienone is 1. The highest BCUT2D eigenvalue weighted by Crippen LogP contribution is 2.67. The first-order valence-electron chi connectivity index (χ1n) is 15.4. The minimum Gasteiger partial charge on any atom is -0.449 e. The number of fused-ring (bicyclic) bond motifs is 6. The molecule has 1 aliphatic carbocycles. The van der Waals surface area contributed by atoms with Crippen LogP contribution in [-0.2, 0) is 33.3 Å².